The van der Waals surface area contributed by atoms with Gasteiger partial charge in [0.2, 0.25) is 0 Å². The lowest BCUT2D eigenvalue weighted by atomic mass is 9.84. The van der Waals surface area contributed by atoms with E-state index in [1.807, 2.05) is 0 Å². The molecule has 0 aromatic heterocycles. The van der Waals surface area contributed by atoms with Gasteiger partial charge in [0.25, 0.3) is 5.67 Å². The van der Waals surface area contributed by atoms with Crippen LogP contribution in [0.4, 0.5) is 8.78 Å². The predicted octanol–water partition coefficient (Wildman–Crippen LogP) is 5.10. The van der Waals surface area contributed by atoms with Crippen molar-refractivity contribution < 1.29 is 28.6 Å². The second-order valence-electron chi connectivity index (χ2n) is 7.85. The molecule has 1 saturated carbocycles. The zero-order chi connectivity index (χ0) is 21.2. The highest BCUT2D eigenvalue weighted by Crippen LogP contribution is 2.42. The van der Waals surface area contributed by atoms with Gasteiger partial charge in [-0.25, -0.2) is 13.6 Å². The van der Waals surface area contributed by atoms with Gasteiger partial charge in [-0.1, -0.05) is 64.2 Å². The fraction of sp³-hybridized carbons (Fsp3) is 0.727. The smallest absolute Gasteiger partial charge is 0.348 e. The Morgan fingerprint density at radius 1 is 1.29 bits per heavy atom. The third-order valence-electron chi connectivity index (χ3n) is 5.77. The van der Waals surface area contributed by atoms with E-state index in [-0.39, 0.29) is 37.0 Å². The summed E-state index contributed by atoms with van der Waals surface area (Å²) in [7, 11) is 0. The molecule has 0 radical (unpaired) electrons. The molecule has 1 rings (SSSR count). The minimum atomic E-state index is -2.89. The zero-order valence-electron chi connectivity index (χ0n) is 16.9. The summed E-state index contributed by atoms with van der Waals surface area (Å²) in [5.74, 6) is -2.57. The third-order valence-corrected chi connectivity index (χ3v) is 5.77. The quantitative estimate of drug-likeness (QED) is 0.314. The molecule has 160 valence electrons. The van der Waals surface area contributed by atoms with Gasteiger partial charge in [-0.05, 0) is 31.3 Å². The molecular weight excluding hydrogens is 366 g/mol. The molecule has 0 aromatic carbocycles. The SMILES string of the molecule is C=C(CC=CC[C@H]1C(=O)CC[C@]1(F)CCCCCCCC)C(F)(CO)C(=O)O. The molecule has 1 aliphatic carbocycles. The van der Waals surface area contributed by atoms with Crippen molar-refractivity contribution in [1.82, 2.24) is 0 Å². The van der Waals surface area contributed by atoms with E-state index in [0.29, 0.717) is 6.42 Å². The number of carbonyl (C=O) groups is 2. The molecule has 1 aliphatic rings. The van der Waals surface area contributed by atoms with E-state index in [9.17, 15) is 14.0 Å². The number of rotatable bonds is 14. The second-order valence-corrected chi connectivity index (χ2v) is 7.85. The number of carbonyl (C=O) groups excluding carboxylic acids is 1. The van der Waals surface area contributed by atoms with Crippen molar-refractivity contribution >= 4 is 11.8 Å². The van der Waals surface area contributed by atoms with E-state index in [1.165, 1.54) is 12.5 Å². The van der Waals surface area contributed by atoms with Crippen LogP contribution in [0.25, 0.3) is 0 Å². The lowest BCUT2D eigenvalue weighted by molar-refractivity contribution is -0.150. The first-order chi connectivity index (χ1) is 13.2. The Labute approximate surface area is 166 Å². The predicted molar refractivity (Wildman–Crippen MR) is 106 cm³/mol. The monoisotopic (exact) mass is 400 g/mol. The van der Waals surface area contributed by atoms with Crippen LogP contribution < -0.4 is 0 Å². The van der Waals surface area contributed by atoms with Crippen LogP contribution in [-0.2, 0) is 9.59 Å². The highest BCUT2D eigenvalue weighted by molar-refractivity contribution is 5.85. The first-order valence-corrected chi connectivity index (χ1v) is 10.3. The molecule has 0 heterocycles. The van der Waals surface area contributed by atoms with E-state index < -0.39 is 29.8 Å². The summed E-state index contributed by atoms with van der Waals surface area (Å²) < 4.78 is 29.4. The molecule has 0 aliphatic heterocycles. The summed E-state index contributed by atoms with van der Waals surface area (Å²) in [4.78, 5) is 23.1. The van der Waals surface area contributed by atoms with Crippen LogP contribution in [0.1, 0.15) is 77.6 Å². The third kappa shape index (κ3) is 6.50. The van der Waals surface area contributed by atoms with Gasteiger partial charge < -0.3 is 10.2 Å². The van der Waals surface area contributed by atoms with Gasteiger partial charge in [0.1, 0.15) is 11.5 Å². The number of unbranched alkanes of at least 4 members (excludes halogenated alkanes) is 5. The highest BCUT2D eigenvalue weighted by Gasteiger charge is 2.47. The number of ketones is 1. The minimum absolute atomic E-state index is 0.0855. The number of Topliss-reactive ketones (excluding diaryl/α,β-unsaturated/α-hetero) is 1. The Morgan fingerprint density at radius 3 is 2.54 bits per heavy atom. The van der Waals surface area contributed by atoms with Crippen molar-refractivity contribution in [2.24, 2.45) is 5.92 Å². The van der Waals surface area contributed by atoms with Crippen LogP contribution in [0.15, 0.2) is 24.3 Å². The molecule has 0 saturated heterocycles. The van der Waals surface area contributed by atoms with Crippen molar-refractivity contribution in [3.05, 3.63) is 24.3 Å². The average Bonchev–Trinajstić information content (AvgIpc) is 2.95. The van der Waals surface area contributed by atoms with Crippen LogP contribution in [0.2, 0.25) is 0 Å². The number of alkyl halides is 2. The molecule has 28 heavy (non-hydrogen) atoms. The highest BCUT2D eigenvalue weighted by atomic mass is 19.1. The number of hydrogen-bond acceptors (Lipinski definition) is 3. The van der Waals surface area contributed by atoms with Crippen molar-refractivity contribution in [3.63, 3.8) is 0 Å². The maximum atomic E-state index is 15.3. The summed E-state index contributed by atoms with van der Waals surface area (Å²) in [6, 6.07) is 0. The summed E-state index contributed by atoms with van der Waals surface area (Å²) in [6.45, 7) is 4.35. The normalized spacial score (nSPS) is 24.6. The first-order valence-electron chi connectivity index (χ1n) is 10.3. The first kappa shape index (κ1) is 24.5. The van der Waals surface area contributed by atoms with E-state index in [4.69, 9.17) is 10.2 Å². The van der Waals surface area contributed by atoms with E-state index in [0.717, 1.165) is 32.1 Å². The van der Waals surface area contributed by atoms with Gasteiger partial charge >= 0.3 is 5.97 Å². The number of aliphatic hydroxyl groups excluding tert-OH is 1. The molecule has 0 amide bonds. The largest absolute Gasteiger partial charge is 0.479 e. The Kier molecular flexibility index (Phi) is 10.0. The number of halogens is 2. The van der Waals surface area contributed by atoms with Crippen LogP contribution >= 0.6 is 0 Å². The number of carboxylic acid groups (broad SMARTS) is 1. The molecule has 0 aromatic rings. The zero-order valence-corrected chi connectivity index (χ0v) is 16.9. The molecular formula is C22H34F2O4. The number of aliphatic hydroxyl groups is 1. The molecule has 1 unspecified atom stereocenters. The summed E-state index contributed by atoms with van der Waals surface area (Å²) in [5.41, 5.74) is -4.66. The number of allylic oxidation sites excluding steroid dienone is 2. The van der Waals surface area contributed by atoms with E-state index in [2.05, 4.69) is 13.5 Å². The second kappa shape index (κ2) is 11.4. The fourth-order valence-corrected chi connectivity index (χ4v) is 3.76. The van der Waals surface area contributed by atoms with E-state index in [1.54, 1.807) is 6.08 Å². The lowest BCUT2D eigenvalue weighted by Crippen LogP contribution is -2.39. The van der Waals surface area contributed by atoms with Gasteiger partial charge in [0, 0.05) is 6.42 Å². The van der Waals surface area contributed by atoms with Gasteiger partial charge in [-0.2, -0.15) is 0 Å². The van der Waals surface area contributed by atoms with Crippen LogP contribution in [0.5, 0.6) is 0 Å². The Balaban J connectivity index is 2.53. The van der Waals surface area contributed by atoms with Gasteiger partial charge in [-0.15, -0.1) is 0 Å². The van der Waals surface area contributed by atoms with E-state index >= 15 is 4.39 Å². The van der Waals surface area contributed by atoms with Crippen LogP contribution in [0.3, 0.4) is 0 Å². The van der Waals surface area contributed by atoms with Gasteiger partial charge in [0.05, 0.1) is 12.5 Å². The molecule has 3 atom stereocenters. The molecule has 6 heteroatoms. The van der Waals surface area contributed by atoms with Crippen molar-refractivity contribution in [2.75, 3.05) is 6.61 Å². The summed E-state index contributed by atoms with van der Waals surface area (Å²) in [6.07, 6.45) is 10.4. The lowest BCUT2D eigenvalue weighted by Gasteiger charge is -2.25. The topological polar surface area (TPSA) is 74.6 Å². The minimum Gasteiger partial charge on any atom is -0.479 e. The molecule has 2 N–H and O–H groups in total. The van der Waals surface area contributed by atoms with Crippen molar-refractivity contribution in [1.29, 1.82) is 0 Å². The molecule has 1 fully saturated rings. The molecule has 0 bridgehead atoms. The number of carboxylic acids is 1. The van der Waals surface area contributed by atoms with Gasteiger partial charge in [0.15, 0.2) is 0 Å². The maximum Gasteiger partial charge on any atom is 0.348 e. The van der Waals surface area contributed by atoms with Gasteiger partial charge in [-0.3, -0.25) is 4.79 Å². The fourth-order valence-electron chi connectivity index (χ4n) is 3.76. The Bertz CT molecular complexity index is 575. The standard InChI is InChI=1S/C22H34F2O4/c1-3-4-5-6-7-10-14-21(23)15-13-19(26)18(21)12-9-8-11-17(2)22(24,16-25)20(27)28/h8-9,18,25H,2-7,10-16H2,1H3,(H,27,28)/t18-,21+,22?/m0/s1. The Hall–Kier alpha value is -1.56. The van der Waals surface area contributed by atoms with Crippen molar-refractivity contribution in [2.45, 2.75) is 88.9 Å². The maximum absolute atomic E-state index is 15.3. The Morgan fingerprint density at radius 2 is 1.93 bits per heavy atom. The molecule has 0 spiro atoms. The number of hydrogen-bond donors (Lipinski definition) is 2. The van der Waals surface area contributed by atoms with Crippen LogP contribution in [-0.4, -0.2) is 39.9 Å². The van der Waals surface area contributed by atoms with Crippen LogP contribution in [0, 0.1) is 5.92 Å². The average molecular weight is 401 g/mol. The molecule has 4 nitrogen and oxygen atoms in total. The summed E-state index contributed by atoms with van der Waals surface area (Å²) >= 11 is 0. The number of aliphatic carboxylic acids is 1. The summed E-state index contributed by atoms with van der Waals surface area (Å²) in [5, 5.41) is 17.8. The van der Waals surface area contributed by atoms with Crippen molar-refractivity contribution in [3.8, 4) is 0 Å².